The Hall–Kier alpha value is -0.750. The molecular formula is C14H29N3O2S. The van der Waals surface area contributed by atoms with Crippen LogP contribution in [-0.4, -0.2) is 49.0 Å². The molecule has 0 unspecified atom stereocenters. The molecule has 3 N–H and O–H groups in total. The van der Waals surface area contributed by atoms with Gasteiger partial charge in [-0.2, -0.15) is 11.8 Å². The fourth-order valence-corrected chi connectivity index (χ4v) is 3.19. The molecule has 0 aromatic rings. The van der Waals surface area contributed by atoms with Crippen molar-refractivity contribution in [2.75, 3.05) is 18.6 Å². The Balaban J connectivity index is 0.000000361. The first-order valence-electron chi connectivity index (χ1n) is 7.29. The molecule has 0 bridgehead atoms. The molecule has 5 nitrogen and oxygen atoms in total. The van der Waals surface area contributed by atoms with Crippen molar-refractivity contribution in [1.29, 1.82) is 0 Å². The monoisotopic (exact) mass is 303 g/mol. The van der Waals surface area contributed by atoms with E-state index in [4.69, 9.17) is 0 Å². The third kappa shape index (κ3) is 9.20. The van der Waals surface area contributed by atoms with Gasteiger partial charge in [-0.15, -0.1) is 0 Å². The van der Waals surface area contributed by atoms with E-state index in [1.54, 1.807) is 0 Å². The molecule has 1 heterocycles. The van der Waals surface area contributed by atoms with Gasteiger partial charge in [0.25, 0.3) is 0 Å². The van der Waals surface area contributed by atoms with E-state index in [0.29, 0.717) is 18.5 Å². The molecule has 1 aliphatic heterocycles. The number of hydrogen-bond donors (Lipinski definition) is 3. The van der Waals surface area contributed by atoms with Crippen molar-refractivity contribution < 1.29 is 9.59 Å². The lowest BCUT2D eigenvalue weighted by molar-refractivity contribution is -0.121. The Morgan fingerprint density at radius 3 is 2.50 bits per heavy atom. The summed E-state index contributed by atoms with van der Waals surface area (Å²) in [5, 5.41) is 8.78. The van der Waals surface area contributed by atoms with E-state index in [2.05, 4.69) is 22.9 Å². The number of rotatable bonds is 7. The number of nitrogens with one attached hydrogen (secondary N) is 3. The van der Waals surface area contributed by atoms with Crippen LogP contribution < -0.4 is 16.0 Å². The molecule has 0 radical (unpaired) electrons. The number of hydrogen-bond acceptors (Lipinski definition) is 4. The lowest BCUT2D eigenvalue weighted by Gasteiger charge is -2.16. The Morgan fingerprint density at radius 1 is 1.35 bits per heavy atom. The van der Waals surface area contributed by atoms with Crippen molar-refractivity contribution in [3.8, 4) is 0 Å². The third-order valence-electron chi connectivity index (χ3n) is 2.94. The smallest absolute Gasteiger partial charge is 0.220 e. The van der Waals surface area contributed by atoms with Crippen molar-refractivity contribution >= 4 is 24.1 Å². The zero-order chi connectivity index (χ0) is 15.4. The maximum absolute atomic E-state index is 10.9. The van der Waals surface area contributed by atoms with Gasteiger partial charge in [0.05, 0.1) is 6.04 Å². The minimum Gasteiger partial charge on any atom is -0.354 e. The van der Waals surface area contributed by atoms with Crippen LogP contribution in [-0.2, 0) is 9.59 Å². The number of amides is 2. The highest BCUT2D eigenvalue weighted by Crippen LogP contribution is 2.17. The predicted molar refractivity (Wildman–Crippen MR) is 86.0 cm³/mol. The Kier molecular flexibility index (Phi) is 11.6. The molecule has 2 atom stereocenters. The molecule has 118 valence electrons. The first kappa shape index (κ1) is 19.2. The third-order valence-corrected chi connectivity index (χ3v) is 4.13. The lowest BCUT2D eigenvalue weighted by Crippen LogP contribution is -2.45. The number of unbranched alkanes of at least 4 members (excludes halogenated alkanes) is 1. The van der Waals surface area contributed by atoms with E-state index in [1.807, 2.05) is 32.7 Å². The van der Waals surface area contributed by atoms with E-state index in [0.717, 1.165) is 30.8 Å². The standard InChI is InChI=1S/C8H17NO.C6H12N2OS/c1-4-5-6-8(10)9-7(2)3;1-7-5-2-10-3-6(5)8-4-9/h7H,4-6H2,1-3H3,(H,9,10);4-7H,2-3H2,1H3,(H,8,9)/t;5-,6+/m.0/s1. The molecule has 0 aromatic heterocycles. The molecular weight excluding hydrogens is 274 g/mol. The van der Waals surface area contributed by atoms with Crippen LogP contribution in [0.25, 0.3) is 0 Å². The fraction of sp³-hybridized carbons (Fsp3) is 0.857. The maximum Gasteiger partial charge on any atom is 0.220 e. The number of likely N-dealkylation sites (N-methyl/N-ethyl adjacent to an activating group) is 1. The average molecular weight is 303 g/mol. The summed E-state index contributed by atoms with van der Waals surface area (Å²) in [5.74, 6) is 2.31. The molecule has 0 aliphatic carbocycles. The summed E-state index contributed by atoms with van der Waals surface area (Å²) in [6.45, 7) is 6.04. The van der Waals surface area contributed by atoms with Gasteiger partial charge in [0.15, 0.2) is 0 Å². The Morgan fingerprint density at radius 2 is 2.00 bits per heavy atom. The SMILES string of the molecule is CCCCC(=O)NC(C)C.CN[C@H]1CSC[C@H]1NC=O. The van der Waals surface area contributed by atoms with Gasteiger partial charge in [-0.3, -0.25) is 9.59 Å². The highest BCUT2D eigenvalue weighted by molar-refractivity contribution is 7.99. The Labute approximate surface area is 127 Å². The van der Waals surface area contributed by atoms with Crippen molar-refractivity contribution in [2.24, 2.45) is 0 Å². The molecule has 1 aliphatic rings. The lowest BCUT2D eigenvalue weighted by atomic mass is 10.2. The molecule has 20 heavy (non-hydrogen) atoms. The zero-order valence-corrected chi connectivity index (χ0v) is 13.9. The minimum atomic E-state index is 0.178. The summed E-state index contributed by atoms with van der Waals surface area (Å²) < 4.78 is 0. The quantitative estimate of drug-likeness (QED) is 0.617. The van der Waals surface area contributed by atoms with Crippen LogP contribution in [0.4, 0.5) is 0 Å². The van der Waals surface area contributed by atoms with E-state index >= 15 is 0 Å². The van der Waals surface area contributed by atoms with Crippen molar-refractivity contribution in [2.45, 2.75) is 58.2 Å². The van der Waals surface area contributed by atoms with Gasteiger partial charge in [0.1, 0.15) is 0 Å². The van der Waals surface area contributed by atoms with Gasteiger partial charge < -0.3 is 16.0 Å². The topological polar surface area (TPSA) is 70.2 Å². The van der Waals surface area contributed by atoms with Crippen LogP contribution in [0.5, 0.6) is 0 Å². The van der Waals surface area contributed by atoms with Gasteiger partial charge in [-0.05, 0) is 27.3 Å². The van der Waals surface area contributed by atoms with E-state index in [-0.39, 0.29) is 11.9 Å². The molecule has 0 saturated carbocycles. The fourth-order valence-electron chi connectivity index (χ4n) is 1.82. The summed E-state index contributed by atoms with van der Waals surface area (Å²) in [5.41, 5.74) is 0. The first-order valence-corrected chi connectivity index (χ1v) is 8.44. The van der Waals surface area contributed by atoms with Crippen LogP contribution in [0.15, 0.2) is 0 Å². The summed E-state index contributed by atoms with van der Waals surface area (Å²) >= 11 is 1.87. The number of thioether (sulfide) groups is 1. The van der Waals surface area contributed by atoms with Crippen molar-refractivity contribution in [1.82, 2.24) is 16.0 Å². The second-order valence-corrected chi connectivity index (χ2v) is 6.22. The van der Waals surface area contributed by atoms with Gasteiger partial charge in [-0.25, -0.2) is 0 Å². The summed E-state index contributed by atoms with van der Waals surface area (Å²) in [6.07, 6.45) is 3.54. The highest BCUT2D eigenvalue weighted by Gasteiger charge is 2.25. The summed E-state index contributed by atoms with van der Waals surface area (Å²) in [6, 6.07) is 1.06. The second-order valence-electron chi connectivity index (χ2n) is 5.15. The molecule has 1 rings (SSSR count). The largest absolute Gasteiger partial charge is 0.354 e. The minimum absolute atomic E-state index is 0.178. The maximum atomic E-state index is 10.9. The van der Waals surface area contributed by atoms with Gasteiger partial charge in [0.2, 0.25) is 12.3 Å². The van der Waals surface area contributed by atoms with Crippen molar-refractivity contribution in [3.63, 3.8) is 0 Å². The molecule has 1 fully saturated rings. The van der Waals surface area contributed by atoms with Crippen LogP contribution in [0.1, 0.15) is 40.0 Å². The average Bonchev–Trinajstić information content (AvgIpc) is 2.84. The number of carbonyl (C=O) groups excluding carboxylic acids is 2. The Bertz CT molecular complexity index is 275. The van der Waals surface area contributed by atoms with Gasteiger partial charge in [-0.1, -0.05) is 13.3 Å². The van der Waals surface area contributed by atoms with Crippen LogP contribution in [0.2, 0.25) is 0 Å². The van der Waals surface area contributed by atoms with E-state index in [9.17, 15) is 9.59 Å². The second kappa shape index (κ2) is 12.0. The van der Waals surface area contributed by atoms with E-state index < -0.39 is 0 Å². The van der Waals surface area contributed by atoms with Crippen LogP contribution >= 0.6 is 11.8 Å². The molecule has 0 spiro atoms. The normalized spacial score (nSPS) is 21.1. The van der Waals surface area contributed by atoms with Gasteiger partial charge in [0, 0.05) is 30.0 Å². The molecule has 2 amide bonds. The van der Waals surface area contributed by atoms with Crippen LogP contribution in [0.3, 0.4) is 0 Å². The molecule has 6 heteroatoms. The van der Waals surface area contributed by atoms with Crippen LogP contribution in [0, 0.1) is 0 Å². The molecule has 0 aromatic carbocycles. The number of carbonyl (C=O) groups is 2. The van der Waals surface area contributed by atoms with E-state index in [1.165, 1.54) is 0 Å². The van der Waals surface area contributed by atoms with Gasteiger partial charge >= 0.3 is 0 Å². The first-order chi connectivity index (χ1) is 9.54. The van der Waals surface area contributed by atoms with Crippen molar-refractivity contribution in [3.05, 3.63) is 0 Å². The zero-order valence-electron chi connectivity index (χ0n) is 13.1. The summed E-state index contributed by atoms with van der Waals surface area (Å²) in [7, 11) is 1.93. The summed E-state index contributed by atoms with van der Waals surface area (Å²) in [4.78, 5) is 21.0. The molecule has 1 saturated heterocycles. The predicted octanol–water partition coefficient (Wildman–Crippen LogP) is 1.14. The highest BCUT2D eigenvalue weighted by atomic mass is 32.2.